The van der Waals surface area contributed by atoms with Crippen molar-refractivity contribution in [1.29, 1.82) is 0 Å². The van der Waals surface area contributed by atoms with E-state index in [-0.39, 0.29) is 5.91 Å². The van der Waals surface area contributed by atoms with Crippen LogP contribution < -0.4 is 0 Å². The molecule has 1 aromatic rings. The Labute approximate surface area is 140 Å². The van der Waals surface area contributed by atoms with Crippen LogP contribution in [-0.4, -0.2) is 34.0 Å². The van der Waals surface area contributed by atoms with Crippen molar-refractivity contribution in [3.63, 3.8) is 0 Å². The third-order valence-electron chi connectivity index (χ3n) is 4.39. The lowest BCUT2D eigenvalue weighted by Crippen LogP contribution is -2.39. The quantitative estimate of drug-likeness (QED) is 0.819. The lowest BCUT2D eigenvalue weighted by atomic mass is 9.94. The van der Waals surface area contributed by atoms with Crippen molar-refractivity contribution in [3.05, 3.63) is 29.8 Å². The average molecular weight is 335 g/mol. The first-order valence-electron chi connectivity index (χ1n) is 7.92. The van der Waals surface area contributed by atoms with Gasteiger partial charge in [-0.15, -0.1) is 0 Å². The molecule has 22 heavy (non-hydrogen) atoms. The average Bonchev–Trinajstić information content (AvgIpc) is 2.59. The van der Waals surface area contributed by atoms with Gasteiger partial charge in [-0.25, -0.2) is 4.99 Å². The maximum Gasteiger partial charge on any atom is 0.232 e. The maximum absolute atomic E-state index is 12.4. The van der Waals surface area contributed by atoms with Gasteiger partial charge in [-0.2, -0.15) is 0 Å². The van der Waals surface area contributed by atoms with Gasteiger partial charge in [0, 0.05) is 18.8 Å². The molecule has 0 aromatic heterocycles. The molecule has 0 unspecified atom stereocenters. The zero-order valence-corrected chi connectivity index (χ0v) is 14.6. The van der Waals surface area contributed by atoms with Crippen LogP contribution in [0.5, 0.6) is 0 Å². The lowest BCUT2D eigenvalue weighted by molar-refractivity contribution is -0.129. The van der Waals surface area contributed by atoms with Crippen LogP contribution in [0.4, 0.5) is 5.69 Å². The molecule has 1 aliphatic carbocycles. The number of carbonyl (C=O) groups is 1. The van der Waals surface area contributed by atoms with E-state index in [1.165, 1.54) is 24.8 Å². The zero-order chi connectivity index (χ0) is 15.4. The van der Waals surface area contributed by atoms with E-state index in [1.807, 2.05) is 24.1 Å². The van der Waals surface area contributed by atoms with Crippen LogP contribution in [-0.2, 0) is 10.5 Å². The highest BCUT2D eigenvalue weighted by Gasteiger charge is 2.22. The van der Waals surface area contributed by atoms with Crippen molar-refractivity contribution in [1.82, 2.24) is 4.90 Å². The van der Waals surface area contributed by atoms with Crippen LogP contribution in [0.25, 0.3) is 0 Å². The molecule has 0 atom stereocenters. The Kier molecular flexibility index (Phi) is 5.47. The van der Waals surface area contributed by atoms with Gasteiger partial charge in [0.05, 0.1) is 11.4 Å². The minimum Gasteiger partial charge on any atom is -0.342 e. The summed E-state index contributed by atoms with van der Waals surface area (Å²) in [6.07, 6.45) is 6.16. The first-order valence-corrected chi connectivity index (χ1v) is 9.89. The summed E-state index contributed by atoms with van der Waals surface area (Å²) in [5, 5.41) is 0. The molecule has 0 radical (unpaired) electrons. The number of benzene rings is 1. The Morgan fingerprint density at radius 3 is 2.91 bits per heavy atom. The summed E-state index contributed by atoms with van der Waals surface area (Å²) in [6, 6.07) is 8.68. The number of thioether (sulfide) groups is 2. The number of hydrogen-bond acceptors (Lipinski definition) is 4. The molecule has 3 nitrogen and oxygen atoms in total. The summed E-state index contributed by atoms with van der Waals surface area (Å²) < 4.78 is 1.02. The number of fused-ring (bicyclic) bond motifs is 1. The number of rotatable bonds is 3. The fraction of sp³-hybridized carbons (Fsp3) is 0.529. The Hall–Kier alpha value is -0.940. The molecule has 118 valence electrons. The SMILES string of the molecule is CN(C(=O)CSC1=Nc2ccccc2CS1)C1CCCCC1. The number of amides is 1. The molecule has 0 saturated heterocycles. The number of carbonyl (C=O) groups excluding carboxylic acids is 1. The second kappa shape index (κ2) is 7.55. The highest BCUT2D eigenvalue weighted by molar-refractivity contribution is 8.38. The molecular weight excluding hydrogens is 312 g/mol. The minimum atomic E-state index is 0.235. The lowest BCUT2D eigenvalue weighted by Gasteiger charge is -2.31. The van der Waals surface area contributed by atoms with Gasteiger partial charge in [-0.05, 0) is 24.5 Å². The highest BCUT2D eigenvalue weighted by Crippen LogP contribution is 2.34. The second-order valence-electron chi connectivity index (χ2n) is 5.88. The smallest absolute Gasteiger partial charge is 0.232 e. The third-order valence-corrected chi connectivity index (χ3v) is 6.62. The number of para-hydroxylation sites is 1. The molecule has 3 rings (SSSR count). The topological polar surface area (TPSA) is 32.7 Å². The van der Waals surface area contributed by atoms with E-state index < -0.39 is 0 Å². The van der Waals surface area contributed by atoms with E-state index in [1.54, 1.807) is 23.5 Å². The largest absolute Gasteiger partial charge is 0.342 e. The summed E-state index contributed by atoms with van der Waals surface area (Å²) in [7, 11) is 1.96. The van der Waals surface area contributed by atoms with E-state index >= 15 is 0 Å². The van der Waals surface area contributed by atoms with Crippen molar-refractivity contribution in [2.24, 2.45) is 4.99 Å². The minimum absolute atomic E-state index is 0.235. The van der Waals surface area contributed by atoms with E-state index in [0.717, 1.165) is 28.7 Å². The summed E-state index contributed by atoms with van der Waals surface area (Å²) in [4.78, 5) is 19.0. The van der Waals surface area contributed by atoms with Crippen LogP contribution in [0.2, 0.25) is 0 Å². The molecule has 2 aliphatic rings. The van der Waals surface area contributed by atoms with Crippen LogP contribution in [0.3, 0.4) is 0 Å². The van der Waals surface area contributed by atoms with Crippen molar-refractivity contribution < 1.29 is 4.79 Å². The van der Waals surface area contributed by atoms with Gasteiger partial charge >= 0.3 is 0 Å². The van der Waals surface area contributed by atoms with Gasteiger partial charge in [-0.1, -0.05) is 61.0 Å². The standard InChI is InChI=1S/C17H22N2OS2/c1-19(14-8-3-2-4-9-14)16(20)12-22-17-18-15-10-6-5-7-13(15)11-21-17/h5-7,10,14H,2-4,8-9,11-12H2,1H3. The molecule has 1 aliphatic heterocycles. The summed E-state index contributed by atoms with van der Waals surface area (Å²) in [6.45, 7) is 0. The Bertz CT molecular complexity index is 568. The third kappa shape index (κ3) is 3.87. The first-order chi connectivity index (χ1) is 10.7. The van der Waals surface area contributed by atoms with Crippen LogP contribution in [0.1, 0.15) is 37.7 Å². The molecule has 5 heteroatoms. The van der Waals surface area contributed by atoms with Crippen molar-refractivity contribution in [3.8, 4) is 0 Å². The van der Waals surface area contributed by atoms with Crippen LogP contribution in [0, 0.1) is 0 Å². The fourth-order valence-corrected chi connectivity index (χ4v) is 4.97. The molecule has 1 amide bonds. The molecular formula is C17H22N2OS2. The molecule has 1 aromatic carbocycles. The monoisotopic (exact) mass is 334 g/mol. The zero-order valence-electron chi connectivity index (χ0n) is 13.0. The molecule has 1 fully saturated rings. The molecule has 1 heterocycles. The van der Waals surface area contributed by atoms with Crippen molar-refractivity contribution in [2.75, 3.05) is 12.8 Å². The molecule has 1 saturated carbocycles. The Balaban J connectivity index is 1.54. The fourth-order valence-electron chi connectivity index (χ4n) is 2.98. The van der Waals surface area contributed by atoms with E-state index in [0.29, 0.717) is 11.8 Å². The Morgan fingerprint density at radius 1 is 1.32 bits per heavy atom. The number of nitrogens with zero attached hydrogens (tertiary/aromatic N) is 2. The van der Waals surface area contributed by atoms with Gasteiger partial charge < -0.3 is 4.90 Å². The van der Waals surface area contributed by atoms with E-state index in [9.17, 15) is 4.79 Å². The van der Waals surface area contributed by atoms with Crippen LogP contribution in [0.15, 0.2) is 29.3 Å². The molecule has 0 bridgehead atoms. The normalized spacial score (nSPS) is 18.5. The van der Waals surface area contributed by atoms with E-state index in [2.05, 4.69) is 17.1 Å². The van der Waals surface area contributed by atoms with Gasteiger partial charge in [0.2, 0.25) is 5.91 Å². The van der Waals surface area contributed by atoms with Crippen molar-refractivity contribution in [2.45, 2.75) is 43.9 Å². The molecule has 0 N–H and O–H groups in total. The predicted octanol–water partition coefficient (Wildman–Crippen LogP) is 4.45. The van der Waals surface area contributed by atoms with Gasteiger partial charge in [0.25, 0.3) is 0 Å². The first kappa shape index (κ1) is 15.9. The second-order valence-corrected chi connectivity index (χ2v) is 8.07. The van der Waals surface area contributed by atoms with Gasteiger partial charge in [-0.3, -0.25) is 4.79 Å². The van der Waals surface area contributed by atoms with Gasteiger partial charge in [0.1, 0.15) is 4.38 Å². The summed E-state index contributed by atoms with van der Waals surface area (Å²) in [5.41, 5.74) is 2.33. The Morgan fingerprint density at radius 2 is 2.09 bits per heavy atom. The van der Waals surface area contributed by atoms with E-state index in [4.69, 9.17) is 0 Å². The summed E-state index contributed by atoms with van der Waals surface area (Å²) >= 11 is 3.32. The predicted molar refractivity (Wildman–Crippen MR) is 96.9 cm³/mol. The van der Waals surface area contributed by atoms with Gasteiger partial charge in [0.15, 0.2) is 0 Å². The van der Waals surface area contributed by atoms with Crippen LogP contribution >= 0.6 is 23.5 Å². The maximum atomic E-state index is 12.4. The molecule has 0 spiro atoms. The number of hydrogen-bond donors (Lipinski definition) is 0. The summed E-state index contributed by atoms with van der Waals surface area (Å²) in [5.74, 6) is 1.69. The number of aliphatic imine (C=N–C) groups is 1. The highest BCUT2D eigenvalue weighted by atomic mass is 32.2. The van der Waals surface area contributed by atoms with Crippen molar-refractivity contribution >= 4 is 39.5 Å².